The van der Waals surface area contributed by atoms with Crippen molar-refractivity contribution in [3.05, 3.63) is 60.3 Å². The Labute approximate surface area is 81.7 Å². The lowest BCUT2D eigenvalue weighted by atomic mass is 10.1. The molecule has 70 valence electrons. The summed E-state index contributed by atoms with van der Waals surface area (Å²) in [6.45, 7) is 9.92. The van der Waals surface area contributed by atoms with Crippen LogP contribution in [0.1, 0.15) is 20.8 Å². The van der Waals surface area contributed by atoms with E-state index in [1.54, 1.807) is 0 Å². The topological polar surface area (TPSA) is 0 Å². The Balaban J connectivity index is 4.53. The fourth-order valence-corrected chi connectivity index (χ4v) is 0.810. The maximum atomic E-state index is 3.91. The molecule has 0 aliphatic carbocycles. The molecular weight excluding hydrogens is 156 g/mol. The van der Waals surface area contributed by atoms with Crippen LogP contribution in [0.25, 0.3) is 0 Å². The molecule has 0 heterocycles. The Hall–Kier alpha value is -1.30. The summed E-state index contributed by atoms with van der Waals surface area (Å²) in [6.07, 6.45) is 14.2. The van der Waals surface area contributed by atoms with E-state index in [2.05, 4.69) is 18.7 Å². The van der Waals surface area contributed by atoms with Gasteiger partial charge in [0.1, 0.15) is 0 Å². The minimum Gasteiger partial charge on any atom is -0.0955 e. The molecule has 0 saturated heterocycles. The van der Waals surface area contributed by atoms with E-state index in [0.29, 0.717) is 0 Å². The van der Waals surface area contributed by atoms with Gasteiger partial charge >= 0.3 is 0 Å². The van der Waals surface area contributed by atoms with Crippen molar-refractivity contribution in [2.75, 3.05) is 0 Å². The molecular formula is C13H18. The molecule has 0 aliphatic rings. The first-order chi connectivity index (χ1) is 6.22. The van der Waals surface area contributed by atoms with E-state index in [1.807, 2.05) is 51.2 Å². The van der Waals surface area contributed by atoms with Crippen molar-refractivity contribution in [1.82, 2.24) is 0 Å². The van der Waals surface area contributed by atoms with Crippen molar-refractivity contribution in [3.8, 4) is 0 Å². The number of allylic oxidation sites excluding steroid dienone is 9. The first kappa shape index (κ1) is 11.7. The Morgan fingerprint density at radius 2 is 1.62 bits per heavy atom. The van der Waals surface area contributed by atoms with Crippen LogP contribution in [0.3, 0.4) is 0 Å². The van der Waals surface area contributed by atoms with Crippen LogP contribution < -0.4 is 0 Å². The summed E-state index contributed by atoms with van der Waals surface area (Å²) in [7, 11) is 0. The Kier molecular flexibility index (Phi) is 6.62. The van der Waals surface area contributed by atoms with E-state index < -0.39 is 0 Å². The molecule has 0 aromatic carbocycles. The standard InChI is InChI=1S/C13H18/c1-5-7-9-11-13(12(3)4)10-8-6-2/h5-11H,3H2,1-2,4H3/b7-5+,8-6-,11-9+,13-10+. The van der Waals surface area contributed by atoms with Gasteiger partial charge in [0.25, 0.3) is 0 Å². The Morgan fingerprint density at radius 3 is 2.08 bits per heavy atom. The van der Waals surface area contributed by atoms with Crippen molar-refractivity contribution in [2.45, 2.75) is 20.8 Å². The third-order valence-electron chi connectivity index (χ3n) is 1.54. The zero-order chi connectivity index (χ0) is 10.1. The van der Waals surface area contributed by atoms with Gasteiger partial charge in [-0.1, -0.05) is 54.7 Å². The van der Waals surface area contributed by atoms with Crippen LogP contribution in [0, 0.1) is 0 Å². The van der Waals surface area contributed by atoms with Gasteiger partial charge in [0.2, 0.25) is 0 Å². The highest BCUT2D eigenvalue weighted by Crippen LogP contribution is 2.08. The van der Waals surface area contributed by atoms with Crippen LogP contribution in [-0.2, 0) is 0 Å². The third-order valence-corrected chi connectivity index (χ3v) is 1.54. The van der Waals surface area contributed by atoms with E-state index in [0.717, 1.165) is 11.1 Å². The maximum absolute atomic E-state index is 3.91. The predicted molar refractivity (Wildman–Crippen MR) is 61.7 cm³/mol. The van der Waals surface area contributed by atoms with Crippen molar-refractivity contribution in [3.63, 3.8) is 0 Å². The highest BCUT2D eigenvalue weighted by molar-refractivity contribution is 5.40. The van der Waals surface area contributed by atoms with E-state index >= 15 is 0 Å². The minimum absolute atomic E-state index is 1.08. The lowest BCUT2D eigenvalue weighted by molar-refractivity contribution is 1.45. The van der Waals surface area contributed by atoms with E-state index in [1.165, 1.54) is 0 Å². The molecule has 13 heavy (non-hydrogen) atoms. The summed E-state index contributed by atoms with van der Waals surface area (Å²) in [5.41, 5.74) is 2.25. The second-order valence-corrected chi connectivity index (χ2v) is 2.81. The monoisotopic (exact) mass is 174 g/mol. The SMILES string of the molecule is C=C(C)C(/C=C/C=C/C)=C/C=C\C. The molecule has 0 nitrogen and oxygen atoms in total. The molecule has 0 aromatic heterocycles. The van der Waals surface area contributed by atoms with Crippen LogP contribution in [0.2, 0.25) is 0 Å². The average molecular weight is 174 g/mol. The molecule has 0 bridgehead atoms. The molecule has 0 saturated carbocycles. The Bertz CT molecular complexity index is 260. The number of hydrogen-bond acceptors (Lipinski definition) is 0. The molecule has 0 heteroatoms. The van der Waals surface area contributed by atoms with Crippen molar-refractivity contribution in [1.29, 1.82) is 0 Å². The van der Waals surface area contributed by atoms with Crippen LogP contribution >= 0.6 is 0 Å². The van der Waals surface area contributed by atoms with E-state index in [4.69, 9.17) is 0 Å². The van der Waals surface area contributed by atoms with Crippen molar-refractivity contribution >= 4 is 0 Å². The van der Waals surface area contributed by atoms with Crippen molar-refractivity contribution < 1.29 is 0 Å². The van der Waals surface area contributed by atoms with Crippen molar-refractivity contribution in [2.24, 2.45) is 0 Å². The fourth-order valence-electron chi connectivity index (χ4n) is 0.810. The number of hydrogen-bond donors (Lipinski definition) is 0. The quantitative estimate of drug-likeness (QED) is 0.560. The molecule has 0 aromatic rings. The van der Waals surface area contributed by atoms with Gasteiger partial charge in [0.15, 0.2) is 0 Å². The van der Waals surface area contributed by atoms with Crippen LogP contribution in [-0.4, -0.2) is 0 Å². The molecule has 0 fully saturated rings. The van der Waals surface area contributed by atoms with Gasteiger partial charge in [-0.25, -0.2) is 0 Å². The fraction of sp³-hybridized carbons (Fsp3) is 0.231. The first-order valence-corrected chi connectivity index (χ1v) is 4.50. The first-order valence-electron chi connectivity index (χ1n) is 4.50. The second kappa shape index (κ2) is 7.35. The van der Waals surface area contributed by atoms with Gasteiger partial charge in [-0.15, -0.1) is 0 Å². The van der Waals surface area contributed by atoms with Gasteiger partial charge in [-0.3, -0.25) is 0 Å². The summed E-state index contributed by atoms with van der Waals surface area (Å²) < 4.78 is 0. The van der Waals surface area contributed by atoms with E-state index in [9.17, 15) is 0 Å². The smallest absolute Gasteiger partial charge is 0.0233 e. The normalized spacial score (nSPS) is 13.6. The molecule has 0 amide bonds. The molecule has 0 atom stereocenters. The second-order valence-electron chi connectivity index (χ2n) is 2.81. The molecule has 0 rings (SSSR count). The lowest BCUT2D eigenvalue weighted by Crippen LogP contribution is -1.77. The van der Waals surface area contributed by atoms with Gasteiger partial charge in [0.05, 0.1) is 0 Å². The zero-order valence-electron chi connectivity index (χ0n) is 8.75. The molecule has 0 aliphatic heterocycles. The van der Waals surface area contributed by atoms with E-state index in [-0.39, 0.29) is 0 Å². The van der Waals surface area contributed by atoms with Crippen LogP contribution in [0.15, 0.2) is 60.3 Å². The number of rotatable bonds is 4. The Morgan fingerprint density at radius 1 is 1.00 bits per heavy atom. The minimum atomic E-state index is 1.08. The van der Waals surface area contributed by atoms with Crippen LogP contribution in [0.4, 0.5) is 0 Å². The highest BCUT2D eigenvalue weighted by Gasteiger charge is 1.88. The van der Waals surface area contributed by atoms with Gasteiger partial charge < -0.3 is 0 Å². The predicted octanol–water partition coefficient (Wildman–Crippen LogP) is 4.20. The summed E-state index contributed by atoms with van der Waals surface area (Å²) in [5, 5.41) is 0. The van der Waals surface area contributed by atoms with Gasteiger partial charge in [0, 0.05) is 0 Å². The molecule has 0 N–H and O–H groups in total. The summed E-state index contributed by atoms with van der Waals surface area (Å²) >= 11 is 0. The van der Waals surface area contributed by atoms with Crippen LogP contribution in [0.5, 0.6) is 0 Å². The molecule has 0 radical (unpaired) electrons. The summed E-state index contributed by atoms with van der Waals surface area (Å²) in [5.74, 6) is 0. The summed E-state index contributed by atoms with van der Waals surface area (Å²) in [4.78, 5) is 0. The lowest BCUT2D eigenvalue weighted by Gasteiger charge is -1.97. The average Bonchev–Trinajstić information content (AvgIpc) is 2.10. The zero-order valence-corrected chi connectivity index (χ0v) is 8.75. The van der Waals surface area contributed by atoms with Gasteiger partial charge in [-0.05, 0) is 26.3 Å². The van der Waals surface area contributed by atoms with Gasteiger partial charge in [-0.2, -0.15) is 0 Å². The third kappa shape index (κ3) is 5.92. The molecule has 0 unspecified atom stereocenters. The highest BCUT2D eigenvalue weighted by atomic mass is 13.9. The summed E-state index contributed by atoms with van der Waals surface area (Å²) in [6, 6.07) is 0. The largest absolute Gasteiger partial charge is 0.0955 e. The maximum Gasteiger partial charge on any atom is -0.0233 e. The molecule has 0 spiro atoms.